The Labute approximate surface area is 101 Å². The van der Waals surface area contributed by atoms with Crippen molar-refractivity contribution in [2.75, 3.05) is 38.3 Å². The van der Waals surface area contributed by atoms with Gasteiger partial charge < -0.3 is 19.4 Å². The maximum atomic E-state index is 5.60. The summed E-state index contributed by atoms with van der Waals surface area (Å²) in [7, 11) is 1.74. The Hall–Kier alpha value is -1.14. The van der Waals surface area contributed by atoms with E-state index in [2.05, 4.69) is 20.4 Å². The number of ether oxygens (including phenoxy) is 1. The van der Waals surface area contributed by atoms with Crippen molar-refractivity contribution in [2.24, 2.45) is 5.92 Å². The van der Waals surface area contributed by atoms with Crippen LogP contribution >= 0.6 is 0 Å². The summed E-state index contributed by atoms with van der Waals surface area (Å²) >= 11 is 0. The van der Waals surface area contributed by atoms with Crippen LogP contribution in [0.4, 0.5) is 6.01 Å². The molecule has 0 saturated carbocycles. The molecule has 6 heteroatoms. The molecule has 0 radical (unpaired) electrons. The van der Waals surface area contributed by atoms with E-state index in [-0.39, 0.29) is 0 Å². The van der Waals surface area contributed by atoms with Gasteiger partial charge in [-0.15, -0.1) is 5.10 Å². The Morgan fingerprint density at radius 1 is 1.53 bits per heavy atom. The predicted molar refractivity (Wildman–Crippen MR) is 63.9 cm³/mol. The lowest BCUT2D eigenvalue weighted by Gasteiger charge is -2.12. The molecule has 1 aliphatic heterocycles. The van der Waals surface area contributed by atoms with E-state index in [1.54, 1.807) is 7.11 Å². The number of hydrogen-bond acceptors (Lipinski definition) is 6. The van der Waals surface area contributed by atoms with E-state index in [1.165, 1.54) is 0 Å². The molecule has 2 heterocycles. The van der Waals surface area contributed by atoms with Gasteiger partial charge in [-0.25, -0.2) is 0 Å². The van der Waals surface area contributed by atoms with E-state index in [0.29, 0.717) is 24.4 Å². The number of nitrogens with one attached hydrogen (secondary N) is 1. The Balaban J connectivity index is 1.88. The number of nitrogens with zero attached hydrogens (tertiary/aromatic N) is 3. The standard InChI is InChI=1S/C11H20N4O2/c1-3-12-6-10-13-14-11(17-10)15-5-4-9(7-15)8-16-2/h9,12H,3-8H2,1-2H3. The molecule has 96 valence electrons. The molecule has 1 aromatic rings. The van der Waals surface area contributed by atoms with Crippen LogP contribution in [0.2, 0.25) is 0 Å². The van der Waals surface area contributed by atoms with E-state index in [9.17, 15) is 0 Å². The number of hydrogen-bond donors (Lipinski definition) is 1. The third-order valence-electron chi connectivity index (χ3n) is 2.94. The molecular weight excluding hydrogens is 220 g/mol. The van der Waals surface area contributed by atoms with E-state index in [4.69, 9.17) is 9.15 Å². The zero-order valence-electron chi connectivity index (χ0n) is 10.5. The highest BCUT2D eigenvalue weighted by atomic mass is 16.5. The summed E-state index contributed by atoms with van der Waals surface area (Å²) in [4.78, 5) is 2.13. The minimum Gasteiger partial charge on any atom is -0.407 e. The zero-order valence-corrected chi connectivity index (χ0v) is 10.5. The SMILES string of the molecule is CCNCc1nnc(N2CCC(COC)C2)o1. The van der Waals surface area contributed by atoms with Crippen LogP contribution in [0.25, 0.3) is 0 Å². The summed E-state index contributed by atoms with van der Waals surface area (Å²) in [5.74, 6) is 1.22. The zero-order chi connectivity index (χ0) is 12.1. The first-order valence-corrected chi connectivity index (χ1v) is 6.10. The third-order valence-corrected chi connectivity index (χ3v) is 2.94. The Morgan fingerprint density at radius 3 is 3.18 bits per heavy atom. The molecule has 1 aliphatic rings. The molecule has 0 aromatic carbocycles. The molecule has 1 N–H and O–H groups in total. The second-order valence-corrected chi connectivity index (χ2v) is 4.31. The highest BCUT2D eigenvalue weighted by molar-refractivity contribution is 5.26. The van der Waals surface area contributed by atoms with Gasteiger partial charge in [-0.2, -0.15) is 0 Å². The van der Waals surface area contributed by atoms with E-state index in [0.717, 1.165) is 32.7 Å². The van der Waals surface area contributed by atoms with Gasteiger partial charge >= 0.3 is 6.01 Å². The van der Waals surface area contributed by atoms with Gasteiger partial charge in [0.05, 0.1) is 13.2 Å². The van der Waals surface area contributed by atoms with Crippen molar-refractivity contribution < 1.29 is 9.15 Å². The van der Waals surface area contributed by atoms with Crippen LogP contribution in [-0.4, -0.2) is 43.5 Å². The quantitative estimate of drug-likeness (QED) is 0.787. The summed E-state index contributed by atoms with van der Waals surface area (Å²) in [5.41, 5.74) is 0. The monoisotopic (exact) mass is 240 g/mol. The smallest absolute Gasteiger partial charge is 0.318 e. The average Bonchev–Trinajstić information content (AvgIpc) is 2.95. The van der Waals surface area contributed by atoms with Crippen molar-refractivity contribution >= 4 is 6.01 Å². The van der Waals surface area contributed by atoms with E-state index >= 15 is 0 Å². The lowest BCUT2D eigenvalue weighted by Crippen LogP contribution is -2.21. The fourth-order valence-electron chi connectivity index (χ4n) is 2.05. The fraction of sp³-hybridized carbons (Fsp3) is 0.818. The highest BCUT2D eigenvalue weighted by Crippen LogP contribution is 2.22. The highest BCUT2D eigenvalue weighted by Gasteiger charge is 2.25. The molecule has 1 unspecified atom stereocenters. The van der Waals surface area contributed by atoms with Crippen LogP contribution in [0.15, 0.2) is 4.42 Å². The number of methoxy groups -OCH3 is 1. The second kappa shape index (κ2) is 5.97. The van der Waals surface area contributed by atoms with Crippen LogP contribution in [0.1, 0.15) is 19.2 Å². The van der Waals surface area contributed by atoms with Crippen LogP contribution in [0, 0.1) is 5.92 Å². The fourth-order valence-corrected chi connectivity index (χ4v) is 2.05. The molecule has 0 aliphatic carbocycles. The van der Waals surface area contributed by atoms with Crippen molar-refractivity contribution in [1.29, 1.82) is 0 Å². The molecule has 1 fully saturated rings. The van der Waals surface area contributed by atoms with Gasteiger partial charge in [-0.1, -0.05) is 12.0 Å². The molecule has 2 rings (SSSR count). The van der Waals surface area contributed by atoms with Crippen molar-refractivity contribution in [1.82, 2.24) is 15.5 Å². The lowest BCUT2D eigenvalue weighted by atomic mass is 10.1. The largest absolute Gasteiger partial charge is 0.407 e. The molecule has 0 spiro atoms. The third kappa shape index (κ3) is 3.17. The molecule has 17 heavy (non-hydrogen) atoms. The van der Waals surface area contributed by atoms with Gasteiger partial charge in [-0.05, 0) is 13.0 Å². The normalized spacial score (nSPS) is 20.1. The number of aromatic nitrogens is 2. The van der Waals surface area contributed by atoms with Gasteiger partial charge in [0.25, 0.3) is 0 Å². The van der Waals surface area contributed by atoms with Gasteiger partial charge in [0, 0.05) is 26.1 Å². The second-order valence-electron chi connectivity index (χ2n) is 4.31. The summed E-state index contributed by atoms with van der Waals surface area (Å²) in [6.45, 7) is 6.30. The van der Waals surface area contributed by atoms with Crippen molar-refractivity contribution in [3.05, 3.63) is 5.89 Å². The topological polar surface area (TPSA) is 63.4 Å². The number of anilines is 1. The first-order chi connectivity index (χ1) is 8.33. The molecule has 0 bridgehead atoms. The maximum absolute atomic E-state index is 5.60. The summed E-state index contributed by atoms with van der Waals surface area (Å²) in [6, 6.07) is 0.636. The first kappa shape index (κ1) is 12.3. The molecule has 1 saturated heterocycles. The molecule has 6 nitrogen and oxygen atoms in total. The van der Waals surface area contributed by atoms with E-state index < -0.39 is 0 Å². The minimum atomic E-state index is 0.573. The summed E-state index contributed by atoms with van der Waals surface area (Å²) in [6.07, 6.45) is 1.12. The van der Waals surface area contributed by atoms with Crippen LogP contribution in [0.5, 0.6) is 0 Å². The van der Waals surface area contributed by atoms with Crippen LogP contribution in [-0.2, 0) is 11.3 Å². The van der Waals surface area contributed by atoms with Gasteiger partial charge in [0.15, 0.2) is 0 Å². The average molecular weight is 240 g/mol. The van der Waals surface area contributed by atoms with Gasteiger partial charge in [-0.3, -0.25) is 0 Å². The molecule has 1 atom stereocenters. The molecule has 1 aromatic heterocycles. The summed E-state index contributed by atoms with van der Waals surface area (Å²) < 4.78 is 10.8. The van der Waals surface area contributed by atoms with Crippen molar-refractivity contribution in [3.8, 4) is 0 Å². The van der Waals surface area contributed by atoms with Gasteiger partial charge in [0.1, 0.15) is 0 Å². The Kier molecular flexibility index (Phi) is 4.33. The molecule has 0 amide bonds. The first-order valence-electron chi connectivity index (χ1n) is 6.10. The van der Waals surface area contributed by atoms with Crippen molar-refractivity contribution in [2.45, 2.75) is 19.9 Å². The van der Waals surface area contributed by atoms with Crippen molar-refractivity contribution in [3.63, 3.8) is 0 Å². The molecular formula is C11H20N4O2. The lowest BCUT2D eigenvalue weighted by molar-refractivity contribution is 0.160. The number of rotatable bonds is 6. The van der Waals surface area contributed by atoms with Crippen LogP contribution < -0.4 is 10.2 Å². The Morgan fingerprint density at radius 2 is 2.41 bits per heavy atom. The van der Waals surface area contributed by atoms with Gasteiger partial charge in [0.2, 0.25) is 5.89 Å². The van der Waals surface area contributed by atoms with E-state index in [1.807, 2.05) is 6.92 Å². The van der Waals surface area contributed by atoms with Crippen LogP contribution in [0.3, 0.4) is 0 Å². The minimum absolute atomic E-state index is 0.573. The Bertz CT molecular complexity index is 342. The summed E-state index contributed by atoms with van der Waals surface area (Å²) in [5, 5.41) is 11.3. The maximum Gasteiger partial charge on any atom is 0.318 e. The predicted octanol–water partition coefficient (Wildman–Crippen LogP) is 0.652.